The Morgan fingerprint density at radius 1 is 1.23 bits per heavy atom. The maximum Gasteiger partial charge on any atom is 0.340 e. The fraction of sp³-hybridized carbons (Fsp3) is 0.550. The summed E-state index contributed by atoms with van der Waals surface area (Å²) in [6.45, 7) is 5.93. The van der Waals surface area contributed by atoms with E-state index in [1.54, 1.807) is 0 Å². The van der Waals surface area contributed by atoms with Crippen LogP contribution in [0.1, 0.15) is 56.8 Å². The summed E-state index contributed by atoms with van der Waals surface area (Å²) >= 11 is 6.30. The van der Waals surface area contributed by atoms with Crippen molar-refractivity contribution in [3.63, 3.8) is 0 Å². The zero-order valence-corrected chi connectivity index (χ0v) is 18.8. The van der Waals surface area contributed by atoms with Gasteiger partial charge in [0.25, 0.3) is 15.9 Å². The summed E-state index contributed by atoms with van der Waals surface area (Å²) in [5.41, 5.74) is 0.309. The highest BCUT2D eigenvalue weighted by atomic mass is 35.5. The van der Waals surface area contributed by atoms with Gasteiger partial charge in [0.15, 0.2) is 6.61 Å². The molecule has 3 rings (SSSR count). The van der Waals surface area contributed by atoms with Crippen LogP contribution in [0.2, 0.25) is 5.02 Å². The molecular formula is C20H26ClN3O5S. The van der Waals surface area contributed by atoms with E-state index in [0.717, 1.165) is 19.3 Å². The first kappa shape index (κ1) is 22.6. The number of hydrogen-bond donors (Lipinski definition) is 1. The maximum absolute atomic E-state index is 12.7. The molecule has 2 heterocycles. The molecule has 164 valence electrons. The average Bonchev–Trinajstić information content (AvgIpc) is 2.90. The molecule has 8 nitrogen and oxygen atoms in total. The lowest BCUT2D eigenvalue weighted by Gasteiger charge is -2.30. The molecule has 1 atom stereocenters. The highest BCUT2D eigenvalue weighted by molar-refractivity contribution is 7.90. The summed E-state index contributed by atoms with van der Waals surface area (Å²) in [7, 11) is -3.96. The van der Waals surface area contributed by atoms with E-state index in [1.807, 2.05) is 25.7 Å². The quantitative estimate of drug-likeness (QED) is 0.684. The minimum absolute atomic E-state index is 0.0652. The maximum atomic E-state index is 12.7. The van der Waals surface area contributed by atoms with Crippen molar-refractivity contribution in [3.8, 4) is 0 Å². The van der Waals surface area contributed by atoms with Gasteiger partial charge in [-0.25, -0.2) is 4.79 Å². The van der Waals surface area contributed by atoms with Crippen molar-refractivity contribution < 1.29 is 22.7 Å². The molecule has 2 aliphatic rings. The van der Waals surface area contributed by atoms with Crippen LogP contribution in [-0.2, 0) is 19.6 Å². The van der Waals surface area contributed by atoms with Crippen molar-refractivity contribution >= 4 is 45.0 Å². The number of amides is 1. The smallest absolute Gasteiger partial charge is 0.340 e. The number of carbonyl (C=O) groups excluding carboxylic acids is 2. The van der Waals surface area contributed by atoms with E-state index < -0.39 is 28.5 Å². The number of rotatable bonds is 5. The standard InChI is InChI=1S/C20H26ClN3O5S/c1-12(2)13(3)22-19(25)11-29-20(26)14-9-17-16(10-15(14)21)24-8-6-4-5-7-18(24)23-30(17,27)28/h9-10,12-13H,4-8,11H2,1-3H3,(H,22,25). The fourth-order valence-corrected chi connectivity index (χ4v) is 4.83. The first-order chi connectivity index (χ1) is 14.1. The van der Waals surface area contributed by atoms with Gasteiger partial charge in [0.05, 0.1) is 16.3 Å². The molecule has 1 unspecified atom stereocenters. The van der Waals surface area contributed by atoms with Crippen LogP contribution < -0.4 is 10.2 Å². The SMILES string of the molecule is CC(C)C(C)NC(=O)COC(=O)c1cc2c(cc1Cl)N1CCCCCC1=NS2(=O)=O. The Morgan fingerprint density at radius 3 is 2.67 bits per heavy atom. The van der Waals surface area contributed by atoms with Crippen LogP contribution in [0.3, 0.4) is 0 Å². The Kier molecular flexibility index (Phi) is 6.71. The highest BCUT2D eigenvalue weighted by Crippen LogP contribution is 2.38. The van der Waals surface area contributed by atoms with Crippen LogP contribution in [0.25, 0.3) is 0 Å². The van der Waals surface area contributed by atoms with Gasteiger partial charge in [0.2, 0.25) is 0 Å². The molecule has 0 aliphatic carbocycles. The van der Waals surface area contributed by atoms with Crippen LogP contribution in [-0.4, -0.2) is 45.3 Å². The predicted molar refractivity (Wildman–Crippen MR) is 115 cm³/mol. The number of nitrogens with zero attached hydrogens (tertiary/aromatic N) is 2. The molecule has 1 amide bonds. The summed E-state index contributed by atoms with van der Waals surface area (Å²) in [5.74, 6) is -0.572. The number of benzene rings is 1. The molecular weight excluding hydrogens is 430 g/mol. The number of hydrogen-bond acceptors (Lipinski definition) is 6. The molecule has 0 spiro atoms. The molecule has 0 radical (unpaired) electrons. The lowest BCUT2D eigenvalue weighted by atomic mass is 10.1. The largest absolute Gasteiger partial charge is 0.452 e. The topological polar surface area (TPSA) is 105 Å². The van der Waals surface area contributed by atoms with E-state index in [2.05, 4.69) is 9.71 Å². The molecule has 1 aromatic carbocycles. The van der Waals surface area contributed by atoms with E-state index in [4.69, 9.17) is 16.3 Å². The number of nitrogens with one attached hydrogen (secondary N) is 1. The minimum Gasteiger partial charge on any atom is -0.452 e. The Morgan fingerprint density at radius 2 is 1.97 bits per heavy atom. The van der Waals surface area contributed by atoms with E-state index in [1.165, 1.54) is 12.1 Å². The molecule has 0 aromatic heterocycles. The van der Waals surface area contributed by atoms with Gasteiger partial charge >= 0.3 is 5.97 Å². The molecule has 1 saturated heterocycles. The van der Waals surface area contributed by atoms with Gasteiger partial charge in [-0.05, 0) is 37.8 Å². The van der Waals surface area contributed by atoms with Crippen molar-refractivity contribution in [1.82, 2.24) is 5.32 Å². The predicted octanol–water partition coefficient (Wildman–Crippen LogP) is 3.14. The van der Waals surface area contributed by atoms with E-state index in [0.29, 0.717) is 24.5 Å². The second-order valence-electron chi connectivity index (χ2n) is 7.92. The molecule has 10 heteroatoms. The first-order valence-corrected chi connectivity index (χ1v) is 11.8. The number of sulfonamides is 1. The van der Waals surface area contributed by atoms with Gasteiger partial charge in [-0.15, -0.1) is 4.40 Å². The summed E-state index contributed by atoms with van der Waals surface area (Å²) in [4.78, 5) is 26.2. The summed E-state index contributed by atoms with van der Waals surface area (Å²) in [5, 5.41) is 2.80. The van der Waals surface area contributed by atoms with Crippen LogP contribution in [0, 0.1) is 5.92 Å². The Hall–Kier alpha value is -2.13. The molecule has 1 aromatic rings. The number of amidine groups is 1. The van der Waals surface area contributed by atoms with Crippen molar-refractivity contribution in [1.29, 1.82) is 0 Å². The van der Waals surface area contributed by atoms with Gasteiger partial charge in [-0.1, -0.05) is 31.9 Å². The minimum atomic E-state index is -3.96. The van der Waals surface area contributed by atoms with Crippen LogP contribution >= 0.6 is 11.6 Å². The summed E-state index contributed by atoms with van der Waals surface area (Å²) in [6.07, 6.45) is 3.34. The molecule has 30 heavy (non-hydrogen) atoms. The molecule has 2 aliphatic heterocycles. The number of fused-ring (bicyclic) bond motifs is 3. The molecule has 1 N–H and O–H groups in total. The molecule has 0 saturated carbocycles. The number of anilines is 1. The number of carbonyl (C=O) groups is 2. The van der Waals surface area contributed by atoms with Crippen molar-refractivity contribution in [3.05, 3.63) is 22.7 Å². The zero-order valence-electron chi connectivity index (χ0n) is 17.3. The van der Waals surface area contributed by atoms with Gasteiger partial charge < -0.3 is 15.0 Å². The number of esters is 1. The first-order valence-electron chi connectivity index (χ1n) is 10.0. The van der Waals surface area contributed by atoms with Crippen molar-refractivity contribution in [2.45, 2.75) is 57.4 Å². The molecule has 1 fully saturated rings. The van der Waals surface area contributed by atoms with Gasteiger partial charge in [0, 0.05) is 19.0 Å². The van der Waals surface area contributed by atoms with Gasteiger partial charge in [0.1, 0.15) is 10.7 Å². The monoisotopic (exact) mass is 455 g/mol. The summed E-state index contributed by atoms with van der Waals surface area (Å²) in [6, 6.07) is 2.58. The normalized spacial score (nSPS) is 18.6. The number of ether oxygens (including phenoxy) is 1. The third kappa shape index (κ3) is 4.78. The van der Waals surface area contributed by atoms with Crippen LogP contribution in [0.5, 0.6) is 0 Å². The lowest BCUT2D eigenvalue weighted by Crippen LogP contribution is -2.38. The summed E-state index contributed by atoms with van der Waals surface area (Å²) < 4.78 is 34.4. The van der Waals surface area contributed by atoms with Crippen LogP contribution in [0.15, 0.2) is 21.4 Å². The zero-order chi connectivity index (χ0) is 22.1. The van der Waals surface area contributed by atoms with E-state index in [-0.39, 0.29) is 27.4 Å². The van der Waals surface area contributed by atoms with E-state index >= 15 is 0 Å². The second-order valence-corrected chi connectivity index (χ2v) is 9.90. The van der Waals surface area contributed by atoms with Gasteiger partial charge in [-0.3, -0.25) is 4.79 Å². The van der Waals surface area contributed by atoms with E-state index in [9.17, 15) is 18.0 Å². The van der Waals surface area contributed by atoms with Gasteiger partial charge in [-0.2, -0.15) is 8.42 Å². The average molecular weight is 456 g/mol. The second kappa shape index (κ2) is 8.93. The Bertz CT molecular complexity index is 990. The molecule has 0 bridgehead atoms. The van der Waals surface area contributed by atoms with Crippen molar-refractivity contribution in [2.75, 3.05) is 18.1 Å². The fourth-order valence-electron chi connectivity index (χ4n) is 3.32. The third-order valence-corrected chi connectivity index (χ3v) is 7.03. The lowest BCUT2D eigenvalue weighted by molar-refractivity contribution is -0.125. The van der Waals surface area contributed by atoms with Crippen LogP contribution in [0.4, 0.5) is 5.69 Å². The highest BCUT2D eigenvalue weighted by Gasteiger charge is 2.33. The number of halogens is 1. The van der Waals surface area contributed by atoms with Crippen molar-refractivity contribution in [2.24, 2.45) is 10.3 Å². The Balaban J connectivity index is 1.82. The Labute approximate surface area is 181 Å². The third-order valence-electron chi connectivity index (χ3n) is 5.38.